The molecule has 0 radical (unpaired) electrons. The molecule has 1 aromatic rings. The molecular weight excluding hydrogens is 354 g/mol. The van der Waals surface area contributed by atoms with E-state index in [0.717, 1.165) is 12.8 Å². The lowest BCUT2D eigenvalue weighted by atomic mass is 10.2. The van der Waals surface area contributed by atoms with E-state index in [0.29, 0.717) is 18.7 Å². The summed E-state index contributed by atoms with van der Waals surface area (Å²) < 4.78 is 5.11. The highest BCUT2D eigenvalue weighted by molar-refractivity contribution is 5.82. The number of hydrogen-bond acceptors (Lipinski definition) is 6. The van der Waals surface area contributed by atoms with Gasteiger partial charge in [-0.1, -0.05) is 6.42 Å². The Morgan fingerprint density at radius 1 is 1.15 bits per heavy atom. The maximum Gasteiger partial charge on any atom is 0.407 e. The fourth-order valence-corrected chi connectivity index (χ4v) is 2.08. The van der Waals surface area contributed by atoms with Crippen molar-refractivity contribution in [3.05, 3.63) is 32.1 Å². The van der Waals surface area contributed by atoms with Crippen LogP contribution in [0.4, 0.5) is 4.79 Å². The molecule has 10 heteroatoms. The first-order valence-electron chi connectivity index (χ1n) is 8.70. The molecule has 0 saturated heterocycles. The molecule has 0 bridgehead atoms. The van der Waals surface area contributed by atoms with Gasteiger partial charge in [0.1, 0.15) is 5.60 Å². The minimum Gasteiger partial charge on any atom is -0.444 e. The zero-order valence-corrected chi connectivity index (χ0v) is 16.1. The Morgan fingerprint density at radius 3 is 2.48 bits per heavy atom. The van der Waals surface area contributed by atoms with Gasteiger partial charge in [0.15, 0.2) is 0 Å². The van der Waals surface area contributed by atoms with Crippen LogP contribution in [0.3, 0.4) is 0 Å². The quantitative estimate of drug-likeness (QED) is 0.300. The first-order chi connectivity index (χ1) is 12.6. The zero-order chi connectivity index (χ0) is 20.4. The number of H-pyrrole nitrogens is 2. The summed E-state index contributed by atoms with van der Waals surface area (Å²) in [6, 6.07) is 0. The van der Waals surface area contributed by atoms with Crippen LogP contribution in [-0.2, 0) is 9.53 Å². The van der Waals surface area contributed by atoms with Gasteiger partial charge in [-0.25, -0.2) is 15.0 Å². The summed E-state index contributed by atoms with van der Waals surface area (Å²) in [6.45, 7) is 7.42. The fraction of sp³-hybridized carbons (Fsp3) is 0.588. The third kappa shape index (κ3) is 9.38. The number of aromatic nitrogens is 2. The Bertz CT molecular complexity index is 788. The van der Waals surface area contributed by atoms with Crippen LogP contribution in [0.2, 0.25) is 0 Å². The summed E-state index contributed by atoms with van der Waals surface area (Å²) in [6.07, 6.45) is 3.11. The van der Waals surface area contributed by atoms with Crippen molar-refractivity contribution in [2.75, 3.05) is 6.54 Å². The van der Waals surface area contributed by atoms with Crippen LogP contribution in [0.1, 0.15) is 57.7 Å². The highest BCUT2D eigenvalue weighted by Crippen LogP contribution is 2.06. The molecule has 0 unspecified atom stereocenters. The Balaban J connectivity index is 2.22. The SMILES string of the molecule is Cc1[nH]c(=O)[nH]c(=O)c1/C=N\NC(=O)CCCCCNC(=O)OC(C)(C)C. The normalized spacial score (nSPS) is 11.4. The van der Waals surface area contributed by atoms with Crippen molar-refractivity contribution in [1.29, 1.82) is 0 Å². The van der Waals surface area contributed by atoms with E-state index >= 15 is 0 Å². The molecule has 1 heterocycles. The average molecular weight is 381 g/mol. The van der Waals surface area contributed by atoms with Crippen molar-refractivity contribution < 1.29 is 14.3 Å². The number of unbranched alkanes of at least 4 members (excludes halogenated alkanes) is 2. The second-order valence-electron chi connectivity index (χ2n) is 6.98. The summed E-state index contributed by atoms with van der Waals surface area (Å²) in [5, 5.41) is 6.38. The first kappa shape index (κ1) is 22.1. The lowest BCUT2D eigenvalue weighted by Crippen LogP contribution is -2.33. The maximum absolute atomic E-state index is 11.7. The van der Waals surface area contributed by atoms with Gasteiger partial charge in [0.2, 0.25) is 5.91 Å². The van der Waals surface area contributed by atoms with Gasteiger partial charge >= 0.3 is 11.8 Å². The second-order valence-corrected chi connectivity index (χ2v) is 6.98. The lowest BCUT2D eigenvalue weighted by molar-refractivity contribution is -0.121. The molecule has 0 fully saturated rings. The molecule has 1 rings (SSSR count). The largest absolute Gasteiger partial charge is 0.444 e. The van der Waals surface area contributed by atoms with Crippen LogP contribution in [0.25, 0.3) is 0 Å². The number of alkyl carbamates (subject to hydrolysis) is 1. The molecule has 10 nitrogen and oxygen atoms in total. The number of carbonyl (C=O) groups is 2. The summed E-state index contributed by atoms with van der Waals surface area (Å²) in [4.78, 5) is 50.4. The predicted molar refractivity (Wildman–Crippen MR) is 101 cm³/mol. The van der Waals surface area contributed by atoms with Crippen LogP contribution in [0, 0.1) is 6.92 Å². The Morgan fingerprint density at radius 2 is 1.85 bits per heavy atom. The van der Waals surface area contributed by atoms with E-state index in [2.05, 4.69) is 25.8 Å². The summed E-state index contributed by atoms with van der Waals surface area (Å²) in [5.41, 5.74) is 1.16. The molecule has 150 valence electrons. The highest BCUT2D eigenvalue weighted by Gasteiger charge is 2.15. The van der Waals surface area contributed by atoms with Crippen LogP contribution in [0.5, 0.6) is 0 Å². The van der Waals surface area contributed by atoms with E-state index in [-0.39, 0.29) is 17.9 Å². The van der Waals surface area contributed by atoms with Gasteiger partial charge in [0.25, 0.3) is 5.56 Å². The molecule has 1 aromatic heterocycles. The molecule has 0 aromatic carbocycles. The molecule has 4 N–H and O–H groups in total. The molecule has 0 saturated carbocycles. The molecule has 0 atom stereocenters. The number of nitrogens with zero attached hydrogens (tertiary/aromatic N) is 1. The van der Waals surface area contributed by atoms with Gasteiger partial charge in [-0.15, -0.1) is 0 Å². The molecule has 0 aliphatic heterocycles. The molecule has 27 heavy (non-hydrogen) atoms. The van der Waals surface area contributed by atoms with E-state index in [1.165, 1.54) is 6.21 Å². The Labute approximate surface area is 156 Å². The number of hydrazone groups is 1. The van der Waals surface area contributed by atoms with Gasteiger partial charge < -0.3 is 15.0 Å². The van der Waals surface area contributed by atoms with E-state index in [4.69, 9.17) is 4.74 Å². The summed E-state index contributed by atoms with van der Waals surface area (Å²) >= 11 is 0. The predicted octanol–water partition coefficient (Wildman–Crippen LogP) is 0.907. The topological polar surface area (TPSA) is 146 Å². The van der Waals surface area contributed by atoms with Crippen molar-refractivity contribution >= 4 is 18.2 Å². The number of aromatic amines is 2. The van der Waals surface area contributed by atoms with Gasteiger partial charge in [0, 0.05) is 18.7 Å². The van der Waals surface area contributed by atoms with Crippen LogP contribution in [-0.4, -0.2) is 40.3 Å². The molecule has 0 aliphatic carbocycles. The van der Waals surface area contributed by atoms with Crippen molar-refractivity contribution in [3.63, 3.8) is 0 Å². The third-order valence-electron chi connectivity index (χ3n) is 3.31. The van der Waals surface area contributed by atoms with E-state index in [1.807, 2.05) is 0 Å². The maximum atomic E-state index is 11.7. The van der Waals surface area contributed by atoms with Gasteiger partial charge in [-0.2, -0.15) is 5.10 Å². The molecular formula is C17H27N5O5. The molecule has 0 aliphatic rings. The van der Waals surface area contributed by atoms with E-state index < -0.39 is 22.9 Å². The van der Waals surface area contributed by atoms with Gasteiger partial charge in [-0.3, -0.25) is 14.6 Å². The lowest BCUT2D eigenvalue weighted by Gasteiger charge is -2.19. The van der Waals surface area contributed by atoms with Crippen molar-refractivity contribution in [1.82, 2.24) is 20.7 Å². The number of ether oxygens (including phenoxy) is 1. The number of hydrogen-bond donors (Lipinski definition) is 4. The zero-order valence-electron chi connectivity index (χ0n) is 16.1. The Hall–Kier alpha value is -2.91. The average Bonchev–Trinajstić information content (AvgIpc) is 2.51. The third-order valence-corrected chi connectivity index (χ3v) is 3.31. The number of aryl methyl sites for hydroxylation is 1. The minimum absolute atomic E-state index is 0.170. The van der Waals surface area contributed by atoms with E-state index in [1.54, 1.807) is 27.7 Å². The summed E-state index contributed by atoms with van der Waals surface area (Å²) in [7, 11) is 0. The van der Waals surface area contributed by atoms with Crippen molar-refractivity contribution in [2.45, 2.75) is 59.0 Å². The number of carbonyl (C=O) groups excluding carboxylic acids is 2. The summed E-state index contributed by atoms with van der Waals surface area (Å²) in [5.74, 6) is -0.287. The van der Waals surface area contributed by atoms with Crippen molar-refractivity contribution in [2.24, 2.45) is 5.10 Å². The minimum atomic E-state index is -0.597. The fourth-order valence-electron chi connectivity index (χ4n) is 2.08. The number of rotatable bonds is 8. The van der Waals surface area contributed by atoms with Crippen molar-refractivity contribution in [3.8, 4) is 0 Å². The van der Waals surface area contributed by atoms with Gasteiger partial charge in [0.05, 0.1) is 11.8 Å². The highest BCUT2D eigenvalue weighted by atomic mass is 16.6. The smallest absolute Gasteiger partial charge is 0.407 e. The van der Waals surface area contributed by atoms with Crippen LogP contribution in [0.15, 0.2) is 14.7 Å². The van der Waals surface area contributed by atoms with Gasteiger partial charge in [-0.05, 0) is 40.5 Å². The monoisotopic (exact) mass is 381 g/mol. The van der Waals surface area contributed by atoms with E-state index in [9.17, 15) is 19.2 Å². The molecule has 2 amide bonds. The first-order valence-corrected chi connectivity index (χ1v) is 8.70. The number of nitrogens with one attached hydrogen (secondary N) is 4. The standard InChI is InChI=1S/C17H27N5O5/c1-11-12(14(24)21-15(25)20-11)10-19-22-13(23)8-6-5-7-9-18-16(26)27-17(2,3)4/h10H,5-9H2,1-4H3,(H,18,26)(H,22,23)(H2,20,21,24,25)/b19-10-. The Kier molecular flexibility index (Phi) is 8.43. The molecule has 0 spiro atoms. The number of amides is 2. The van der Waals surface area contributed by atoms with Crippen LogP contribution < -0.4 is 22.0 Å². The second kappa shape index (κ2) is 10.3. The van der Waals surface area contributed by atoms with Crippen LogP contribution >= 0.6 is 0 Å².